The van der Waals surface area contributed by atoms with Crippen molar-refractivity contribution in [2.75, 3.05) is 18.0 Å². The van der Waals surface area contributed by atoms with Gasteiger partial charge in [0.2, 0.25) is 5.91 Å². The molecule has 1 N–H and O–H groups in total. The Bertz CT molecular complexity index is 623. The Labute approximate surface area is 127 Å². The molecular formula is C18H24N2O. The van der Waals surface area contributed by atoms with Crippen molar-refractivity contribution in [3.63, 3.8) is 0 Å². The molecule has 0 aliphatic carbocycles. The molecule has 0 radical (unpaired) electrons. The molecule has 2 rings (SSSR count). The van der Waals surface area contributed by atoms with Crippen LogP contribution in [0.25, 0.3) is 10.8 Å². The zero-order valence-electron chi connectivity index (χ0n) is 13.3. The Kier molecular flexibility index (Phi) is 4.63. The fourth-order valence-corrected chi connectivity index (χ4v) is 2.36. The van der Waals surface area contributed by atoms with Gasteiger partial charge in [0.25, 0.3) is 0 Å². The van der Waals surface area contributed by atoms with Crippen LogP contribution in [0.5, 0.6) is 0 Å². The average molecular weight is 284 g/mol. The highest BCUT2D eigenvalue weighted by atomic mass is 16.2. The Hall–Kier alpha value is -1.87. The second-order valence-corrected chi connectivity index (χ2v) is 6.24. The van der Waals surface area contributed by atoms with Gasteiger partial charge >= 0.3 is 0 Å². The van der Waals surface area contributed by atoms with E-state index >= 15 is 0 Å². The van der Waals surface area contributed by atoms with Gasteiger partial charge in [-0.05, 0) is 39.1 Å². The molecule has 0 aromatic heterocycles. The van der Waals surface area contributed by atoms with E-state index in [2.05, 4.69) is 44.3 Å². The van der Waals surface area contributed by atoms with Crippen molar-refractivity contribution in [1.82, 2.24) is 5.32 Å². The molecule has 0 heterocycles. The maximum absolute atomic E-state index is 12.5. The Balaban J connectivity index is 2.29. The van der Waals surface area contributed by atoms with Crippen LogP contribution in [0, 0.1) is 0 Å². The first-order valence-corrected chi connectivity index (χ1v) is 7.45. The van der Waals surface area contributed by atoms with Gasteiger partial charge in [-0.3, -0.25) is 4.79 Å². The fourth-order valence-electron chi connectivity index (χ4n) is 2.36. The summed E-state index contributed by atoms with van der Waals surface area (Å²) >= 11 is 0. The van der Waals surface area contributed by atoms with Crippen LogP contribution in [0.2, 0.25) is 0 Å². The summed E-state index contributed by atoms with van der Waals surface area (Å²) in [6.07, 6.45) is 0. The van der Waals surface area contributed by atoms with E-state index in [9.17, 15) is 4.79 Å². The third-order valence-electron chi connectivity index (χ3n) is 3.44. The number of anilines is 1. The Morgan fingerprint density at radius 1 is 1.10 bits per heavy atom. The second-order valence-electron chi connectivity index (χ2n) is 6.24. The van der Waals surface area contributed by atoms with E-state index in [1.54, 1.807) is 0 Å². The molecular weight excluding hydrogens is 260 g/mol. The first kappa shape index (κ1) is 15.5. The van der Waals surface area contributed by atoms with E-state index in [0.29, 0.717) is 13.1 Å². The standard InChI is InChI=1S/C18H24N2O/c1-5-20(17(21)13-19-18(2,3)4)16-12-8-10-14-9-6-7-11-15(14)16/h6-12,19H,5,13H2,1-4H3. The smallest absolute Gasteiger partial charge is 0.240 e. The topological polar surface area (TPSA) is 32.3 Å². The van der Waals surface area contributed by atoms with Gasteiger partial charge in [-0.2, -0.15) is 0 Å². The van der Waals surface area contributed by atoms with Crippen molar-refractivity contribution < 1.29 is 4.79 Å². The normalized spacial score (nSPS) is 11.6. The average Bonchev–Trinajstić information content (AvgIpc) is 2.45. The minimum atomic E-state index is -0.0617. The fraction of sp³-hybridized carbons (Fsp3) is 0.389. The van der Waals surface area contributed by atoms with Crippen molar-refractivity contribution >= 4 is 22.4 Å². The number of nitrogens with one attached hydrogen (secondary N) is 1. The van der Waals surface area contributed by atoms with E-state index in [4.69, 9.17) is 0 Å². The van der Waals surface area contributed by atoms with Gasteiger partial charge < -0.3 is 10.2 Å². The van der Waals surface area contributed by atoms with Crippen LogP contribution in [-0.4, -0.2) is 24.5 Å². The SMILES string of the molecule is CCN(C(=O)CNC(C)(C)C)c1cccc2ccccc12. The number of amides is 1. The first-order valence-electron chi connectivity index (χ1n) is 7.45. The van der Waals surface area contributed by atoms with E-state index in [1.807, 2.05) is 36.1 Å². The van der Waals surface area contributed by atoms with Crippen LogP contribution in [0.15, 0.2) is 42.5 Å². The van der Waals surface area contributed by atoms with Crippen molar-refractivity contribution in [3.8, 4) is 0 Å². The molecule has 0 unspecified atom stereocenters. The van der Waals surface area contributed by atoms with Crippen LogP contribution in [0.3, 0.4) is 0 Å². The van der Waals surface area contributed by atoms with E-state index in [1.165, 1.54) is 0 Å². The van der Waals surface area contributed by atoms with Crippen molar-refractivity contribution in [3.05, 3.63) is 42.5 Å². The molecule has 0 aliphatic heterocycles. The highest BCUT2D eigenvalue weighted by molar-refractivity contribution is 6.04. The first-order chi connectivity index (χ1) is 9.92. The number of hydrogen-bond acceptors (Lipinski definition) is 2. The van der Waals surface area contributed by atoms with Gasteiger partial charge in [-0.1, -0.05) is 36.4 Å². The number of carbonyl (C=O) groups is 1. The van der Waals surface area contributed by atoms with Gasteiger partial charge in [0, 0.05) is 17.5 Å². The zero-order valence-corrected chi connectivity index (χ0v) is 13.3. The number of benzene rings is 2. The lowest BCUT2D eigenvalue weighted by atomic mass is 10.1. The van der Waals surface area contributed by atoms with Crippen LogP contribution in [0.4, 0.5) is 5.69 Å². The van der Waals surface area contributed by atoms with E-state index in [-0.39, 0.29) is 11.4 Å². The number of carbonyl (C=O) groups excluding carboxylic acids is 1. The maximum atomic E-state index is 12.5. The van der Waals surface area contributed by atoms with Crippen molar-refractivity contribution in [2.24, 2.45) is 0 Å². The second kappa shape index (κ2) is 6.27. The molecule has 2 aromatic carbocycles. The summed E-state index contributed by atoms with van der Waals surface area (Å²) in [6, 6.07) is 14.3. The van der Waals surface area contributed by atoms with Gasteiger partial charge in [-0.25, -0.2) is 0 Å². The number of hydrogen-bond donors (Lipinski definition) is 1. The Morgan fingerprint density at radius 3 is 2.43 bits per heavy atom. The number of fused-ring (bicyclic) bond motifs is 1. The lowest BCUT2D eigenvalue weighted by Gasteiger charge is -2.26. The lowest BCUT2D eigenvalue weighted by Crippen LogP contribution is -2.45. The predicted molar refractivity (Wildman–Crippen MR) is 89.7 cm³/mol. The highest BCUT2D eigenvalue weighted by Gasteiger charge is 2.18. The summed E-state index contributed by atoms with van der Waals surface area (Å²) in [6.45, 7) is 9.22. The van der Waals surface area contributed by atoms with Gasteiger partial charge in [0.1, 0.15) is 0 Å². The van der Waals surface area contributed by atoms with Crippen LogP contribution in [-0.2, 0) is 4.79 Å². The minimum Gasteiger partial charge on any atom is -0.311 e. The monoisotopic (exact) mass is 284 g/mol. The summed E-state index contributed by atoms with van der Waals surface area (Å²) in [7, 11) is 0. The zero-order chi connectivity index (χ0) is 15.5. The van der Waals surface area contributed by atoms with Gasteiger partial charge in [0.05, 0.1) is 12.2 Å². The lowest BCUT2D eigenvalue weighted by molar-refractivity contribution is -0.118. The molecule has 1 amide bonds. The molecule has 0 saturated carbocycles. The molecule has 112 valence electrons. The molecule has 3 nitrogen and oxygen atoms in total. The van der Waals surface area contributed by atoms with E-state index in [0.717, 1.165) is 16.5 Å². The van der Waals surface area contributed by atoms with Crippen LogP contribution < -0.4 is 10.2 Å². The summed E-state index contributed by atoms with van der Waals surface area (Å²) in [5, 5.41) is 5.54. The maximum Gasteiger partial charge on any atom is 0.240 e. The predicted octanol–water partition coefficient (Wildman–Crippen LogP) is 3.58. The molecule has 0 atom stereocenters. The molecule has 0 aliphatic rings. The molecule has 2 aromatic rings. The highest BCUT2D eigenvalue weighted by Crippen LogP contribution is 2.26. The molecule has 0 saturated heterocycles. The quantitative estimate of drug-likeness (QED) is 0.930. The molecule has 0 bridgehead atoms. The number of rotatable bonds is 4. The van der Waals surface area contributed by atoms with Crippen molar-refractivity contribution in [1.29, 1.82) is 0 Å². The largest absolute Gasteiger partial charge is 0.311 e. The van der Waals surface area contributed by atoms with Crippen LogP contribution >= 0.6 is 0 Å². The Morgan fingerprint density at radius 2 is 1.76 bits per heavy atom. The summed E-state index contributed by atoms with van der Waals surface area (Å²) < 4.78 is 0. The van der Waals surface area contributed by atoms with E-state index < -0.39 is 0 Å². The van der Waals surface area contributed by atoms with Gasteiger partial charge in [0.15, 0.2) is 0 Å². The molecule has 21 heavy (non-hydrogen) atoms. The summed E-state index contributed by atoms with van der Waals surface area (Å²) in [5.41, 5.74) is 0.921. The third-order valence-corrected chi connectivity index (χ3v) is 3.44. The molecule has 0 spiro atoms. The van der Waals surface area contributed by atoms with Gasteiger partial charge in [-0.15, -0.1) is 0 Å². The summed E-state index contributed by atoms with van der Waals surface area (Å²) in [4.78, 5) is 14.4. The third kappa shape index (κ3) is 3.82. The number of likely N-dealkylation sites (N-methyl/N-ethyl adjacent to an activating group) is 1. The molecule has 3 heteroatoms. The van der Waals surface area contributed by atoms with Crippen molar-refractivity contribution in [2.45, 2.75) is 33.2 Å². The number of nitrogens with zero attached hydrogens (tertiary/aromatic N) is 1. The summed E-state index contributed by atoms with van der Waals surface area (Å²) in [5.74, 6) is 0.101. The minimum absolute atomic E-state index is 0.0617. The van der Waals surface area contributed by atoms with Crippen LogP contribution in [0.1, 0.15) is 27.7 Å². The molecule has 0 fully saturated rings.